The zero-order valence-electron chi connectivity index (χ0n) is 17.3. The van der Waals surface area contributed by atoms with Crippen LogP contribution in [0.15, 0.2) is 84.7 Å². The predicted molar refractivity (Wildman–Crippen MR) is 118 cm³/mol. The standard InChI is InChI=1S/C25H20N2O5/c1-2-32-25(31)17-10-12-19(13-11-17)27-21(16-7-4-3-5-8-16)20(23(29)24(27)30)22(28)18-9-6-14-26-15-18/h3-15,21,28H,2H2,1H3/b22-20-. The molecule has 4 rings (SSSR count). The van der Waals surface area contributed by atoms with Gasteiger partial charge in [-0.15, -0.1) is 0 Å². The summed E-state index contributed by atoms with van der Waals surface area (Å²) in [6.07, 6.45) is 2.98. The minimum Gasteiger partial charge on any atom is -0.507 e. The lowest BCUT2D eigenvalue weighted by Gasteiger charge is -2.25. The molecule has 1 atom stereocenters. The summed E-state index contributed by atoms with van der Waals surface area (Å²) in [5.41, 5.74) is 1.72. The highest BCUT2D eigenvalue weighted by Crippen LogP contribution is 2.42. The van der Waals surface area contributed by atoms with Crippen LogP contribution in [0.2, 0.25) is 0 Å². The molecular formula is C25H20N2O5. The number of benzene rings is 2. The maximum absolute atomic E-state index is 13.1. The first-order valence-corrected chi connectivity index (χ1v) is 10.1. The summed E-state index contributed by atoms with van der Waals surface area (Å²) in [5.74, 6) is -2.34. The quantitative estimate of drug-likeness (QED) is 0.287. The van der Waals surface area contributed by atoms with Gasteiger partial charge in [-0.1, -0.05) is 30.3 Å². The van der Waals surface area contributed by atoms with Crippen LogP contribution in [0.5, 0.6) is 0 Å². The Morgan fingerprint density at radius 2 is 1.72 bits per heavy atom. The number of ether oxygens (including phenoxy) is 1. The van der Waals surface area contributed by atoms with Crippen molar-refractivity contribution in [3.05, 3.63) is 101 Å². The van der Waals surface area contributed by atoms with Gasteiger partial charge in [-0.3, -0.25) is 19.5 Å². The number of Topliss-reactive ketones (excluding diaryl/α,β-unsaturated/α-hetero) is 1. The summed E-state index contributed by atoms with van der Waals surface area (Å²) in [4.78, 5) is 43.4. The third kappa shape index (κ3) is 3.76. The molecule has 3 aromatic rings. The van der Waals surface area contributed by atoms with E-state index in [4.69, 9.17) is 4.74 Å². The summed E-state index contributed by atoms with van der Waals surface area (Å²) in [6.45, 7) is 1.96. The van der Waals surface area contributed by atoms with Gasteiger partial charge >= 0.3 is 5.97 Å². The van der Waals surface area contributed by atoms with E-state index < -0.39 is 23.7 Å². The molecule has 0 saturated carbocycles. The summed E-state index contributed by atoms with van der Waals surface area (Å²) in [5, 5.41) is 11.0. The van der Waals surface area contributed by atoms with Gasteiger partial charge in [0.15, 0.2) is 0 Å². The van der Waals surface area contributed by atoms with Crippen molar-refractivity contribution >= 4 is 29.1 Å². The molecule has 1 unspecified atom stereocenters. The van der Waals surface area contributed by atoms with E-state index in [-0.39, 0.29) is 17.9 Å². The Morgan fingerprint density at radius 3 is 2.34 bits per heavy atom. The number of nitrogens with zero attached hydrogens (tertiary/aromatic N) is 2. The fourth-order valence-corrected chi connectivity index (χ4v) is 3.68. The highest BCUT2D eigenvalue weighted by Gasteiger charge is 2.46. The van der Waals surface area contributed by atoms with Gasteiger partial charge in [0.1, 0.15) is 5.76 Å². The van der Waals surface area contributed by atoms with Crippen molar-refractivity contribution in [2.75, 3.05) is 11.5 Å². The highest BCUT2D eigenvalue weighted by atomic mass is 16.5. The molecule has 1 aliphatic heterocycles. The number of ketones is 1. The normalized spacial score (nSPS) is 17.4. The Morgan fingerprint density at radius 1 is 1.00 bits per heavy atom. The minimum atomic E-state index is -0.843. The zero-order chi connectivity index (χ0) is 22.7. The molecule has 1 N–H and O–H groups in total. The number of carbonyl (C=O) groups excluding carboxylic acids is 3. The van der Waals surface area contributed by atoms with Gasteiger partial charge in [0.25, 0.3) is 11.7 Å². The maximum Gasteiger partial charge on any atom is 0.338 e. The average Bonchev–Trinajstić information content (AvgIpc) is 3.10. The fourth-order valence-electron chi connectivity index (χ4n) is 3.68. The number of hydrogen-bond donors (Lipinski definition) is 1. The number of esters is 1. The number of rotatable bonds is 5. The molecular weight excluding hydrogens is 408 g/mol. The van der Waals surface area contributed by atoms with Crippen LogP contribution >= 0.6 is 0 Å². The van der Waals surface area contributed by atoms with Crippen molar-refractivity contribution in [1.82, 2.24) is 4.98 Å². The Labute approximate surface area is 184 Å². The molecule has 32 heavy (non-hydrogen) atoms. The largest absolute Gasteiger partial charge is 0.507 e. The first kappa shape index (κ1) is 21.0. The van der Waals surface area contributed by atoms with Gasteiger partial charge < -0.3 is 9.84 Å². The Bertz CT molecular complexity index is 1190. The average molecular weight is 428 g/mol. The van der Waals surface area contributed by atoms with E-state index in [0.29, 0.717) is 22.4 Å². The first-order chi connectivity index (χ1) is 15.5. The van der Waals surface area contributed by atoms with Crippen LogP contribution in [0.1, 0.15) is 34.5 Å². The van der Waals surface area contributed by atoms with Gasteiger partial charge in [0, 0.05) is 23.6 Å². The van der Waals surface area contributed by atoms with Gasteiger partial charge in [-0.25, -0.2) is 4.79 Å². The predicted octanol–water partition coefficient (Wildman–Crippen LogP) is 3.88. The van der Waals surface area contributed by atoms with Crippen molar-refractivity contribution in [3.63, 3.8) is 0 Å². The molecule has 0 radical (unpaired) electrons. The lowest BCUT2D eigenvalue weighted by molar-refractivity contribution is -0.132. The maximum atomic E-state index is 13.1. The Hall–Kier alpha value is -4.26. The molecule has 1 amide bonds. The number of pyridine rings is 1. The van der Waals surface area contributed by atoms with E-state index in [1.165, 1.54) is 23.2 Å². The van der Waals surface area contributed by atoms with Crippen LogP contribution in [0.3, 0.4) is 0 Å². The first-order valence-electron chi connectivity index (χ1n) is 10.1. The lowest BCUT2D eigenvalue weighted by atomic mass is 9.95. The van der Waals surface area contributed by atoms with Gasteiger partial charge in [-0.05, 0) is 48.9 Å². The number of anilines is 1. The molecule has 1 aliphatic rings. The molecule has 0 aliphatic carbocycles. The monoisotopic (exact) mass is 428 g/mol. The zero-order valence-corrected chi connectivity index (χ0v) is 17.3. The molecule has 1 aromatic heterocycles. The lowest BCUT2D eigenvalue weighted by Crippen LogP contribution is -2.29. The number of aliphatic hydroxyl groups is 1. The van der Waals surface area contributed by atoms with E-state index in [1.807, 2.05) is 6.07 Å². The van der Waals surface area contributed by atoms with Crippen LogP contribution in [0.4, 0.5) is 5.69 Å². The second-order valence-electron chi connectivity index (χ2n) is 7.09. The topological polar surface area (TPSA) is 96.8 Å². The minimum absolute atomic E-state index is 0.0244. The number of aromatic nitrogens is 1. The van der Waals surface area contributed by atoms with Crippen molar-refractivity contribution in [2.45, 2.75) is 13.0 Å². The summed E-state index contributed by atoms with van der Waals surface area (Å²) in [7, 11) is 0. The number of amides is 1. The summed E-state index contributed by atoms with van der Waals surface area (Å²) < 4.78 is 5.00. The van der Waals surface area contributed by atoms with E-state index in [1.54, 1.807) is 61.7 Å². The molecule has 1 saturated heterocycles. The second kappa shape index (κ2) is 8.85. The Kier molecular flexibility index (Phi) is 5.81. The van der Waals surface area contributed by atoms with E-state index in [2.05, 4.69) is 4.98 Å². The Balaban J connectivity index is 1.84. The molecule has 7 heteroatoms. The molecule has 0 spiro atoms. The van der Waals surface area contributed by atoms with Gasteiger partial charge in [0.2, 0.25) is 0 Å². The second-order valence-corrected chi connectivity index (χ2v) is 7.09. The summed E-state index contributed by atoms with van der Waals surface area (Å²) in [6, 6.07) is 17.6. The van der Waals surface area contributed by atoms with Crippen LogP contribution in [-0.4, -0.2) is 34.4 Å². The molecule has 2 aromatic carbocycles. The van der Waals surface area contributed by atoms with Crippen molar-refractivity contribution < 1.29 is 24.2 Å². The number of aliphatic hydroxyl groups excluding tert-OH is 1. The number of carbonyl (C=O) groups is 3. The SMILES string of the molecule is CCOC(=O)c1ccc(N2C(=O)C(=O)/C(=C(\O)c3cccnc3)C2c2ccccc2)cc1. The van der Waals surface area contributed by atoms with E-state index in [0.717, 1.165) is 0 Å². The van der Waals surface area contributed by atoms with Crippen LogP contribution in [0.25, 0.3) is 5.76 Å². The smallest absolute Gasteiger partial charge is 0.338 e. The molecule has 2 heterocycles. The molecule has 160 valence electrons. The van der Waals surface area contributed by atoms with E-state index in [9.17, 15) is 19.5 Å². The number of hydrogen-bond acceptors (Lipinski definition) is 6. The van der Waals surface area contributed by atoms with Crippen LogP contribution in [0, 0.1) is 0 Å². The third-order valence-electron chi connectivity index (χ3n) is 5.15. The highest BCUT2D eigenvalue weighted by molar-refractivity contribution is 6.51. The van der Waals surface area contributed by atoms with Gasteiger partial charge in [0.05, 0.1) is 23.8 Å². The van der Waals surface area contributed by atoms with Crippen LogP contribution in [-0.2, 0) is 14.3 Å². The van der Waals surface area contributed by atoms with Crippen molar-refractivity contribution in [3.8, 4) is 0 Å². The third-order valence-corrected chi connectivity index (χ3v) is 5.15. The van der Waals surface area contributed by atoms with Crippen LogP contribution < -0.4 is 4.90 Å². The summed E-state index contributed by atoms with van der Waals surface area (Å²) >= 11 is 0. The van der Waals surface area contributed by atoms with Crippen molar-refractivity contribution in [2.24, 2.45) is 0 Å². The van der Waals surface area contributed by atoms with Crippen molar-refractivity contribution in [1.29, 1.82) is 0 Å². The van der Waals surface area contributed by atoms with Gasteiger partial charge in [-0.2, -0.15) is 0 Å². The molecule has 0 bridgehead atoms. The fraction of sp³-hybridized carbons (Fsp3) is 0.120. The van der Waals surface area contributed by atoms with E-state index >= 15 is 0 Å². The molecule has 1 fully saturated rings. The molecule has 7 nitrogen and oxygen atoms in total.